The van der Waals surface area contributed by atoms with Crippen molar-refractivity contribution >= 4 is 22.9 Å². The van der Waals surface area contributed by atoms with Gasteiger partial charge in [0.2, 0.25) is 0 Å². The molecule has 2 heterocycles. The SMILES string of the molecule is C#CCC(CC[C@@H]1OC(C)(C)O[C@@H]1C=C)O[Si](C)(C)C(C)(C)C.C#CCC(CC[C@@H]1OC(C)(C)O[C@@H]1C=O)O[Si](C)(C)C(C)(C)C. The molecule has 0 bridgehead atoms. The van der Waals surface area contributed by atoms with Gasteiger partial charge in [-0.3, -0.25) is 0 Å². The quantitative estimate of drug-likeness (QED) is 0.0787. The highest BCUT2D eigenvalue weighted by molar-refractivity contribution is 6.74. The molecule has 2 saturated heterocycles. The Balaban J connectivity index is 0.000000460. The van der Waals surface area contributed by atoms with Crippen molar-refractivity contribution in [1.29, 1.82) is 0 Å². The summed E-state index contributed by atoms with van der Waals surface area (Å²) in [5, 5.41) is 0.318. The van der Waals surface area contributed by atoms with Crippen molar-refractivity contribution < 1.29 is 32.6 Å². The second kappa shape index (κ2) is 16.9. The summed E-state index contributed by atoms with van der Waals surface area (Å²) in [6.45, 7) is 33.7. The summed E-state index contributed by atoms with van der Waals surface area (Å²) in [5.74, 6) is 4.22. The van der Waals surface area contributed by atoms with Crippen LogP contribution in [-0.4, -0.2) is 71.1 Å². The predicted molar refractivity (Wildman–Crippen MR) is 193 cm³/mol. The Bertz CT molecular complexity index is 972. The van der Waals surface area contributed by atoms with E-state index in [9.17, 15) is 4.79 Å². The lowest BCUT2D eigenvalue weighted by atomic mass is 10.0. The zero-order chi connectivity index (χ0) is 35.8. The van der Waals surface area contributed by atoms with E-state index in [1.807, 2.05) is 33.8 Å². The first-order chi connectivity index (χ1) is 20.8. The van der Waals surface area contributed by atoms with Crippen LogP contribution in [0.4, 0.5) is 0 Å². The average Bonchev–Trinajstić information content (AvgIpc) is 3.37. The third-order valence-electron chi connectivity index (χ3n) is 9.58. The van der Waals surface area contributed by atoms with E-state index < -0.39 is 34.3 Å². The van der Waals surface area contributed by atoms with Crippen molar-refractivity contribution in [3.05, 3.63) is 12.7 Å². The Morgan fingerprint density at radius 1 is 0.739 bits per heavy atom. The van der Waals surface area contributed by atoms with Crippen molar-refractivity contribution in [3.8, 4) is 24.7 Å². The standard InChI is InChI=1S/C19H34O3Si.C18H32O4Si/c1-10-12-15(22-23(8,9)18(3,4)5)13-14-17-16(11-2)20-19(6,7)21-17;1-9-10-14(22-23(7,8)17(2,3)4)11-12-15-16(13-19)21-18(5,6)20-15/h1,11,15-17H,2,12-14H2,3-9H3;1,13-16H,10-12H2,2-8H3/t15?,16-,17+;14?,15-,16+/m10/s1. The van der Waals surface area contributed by atoms with Crippen molar-refractivity contribution in [2.75, 3.05) is 0 Å². The van der Waals surface area contributed by atoms with Crippen LogP contribution in [0.15, 0.2) is 12.7 Å². The minimum Gasteiger partial charge on any atom is -0.413 e. The molecule has 6 atom stereocenters. The molecule has 264 valence electrons. The maximum absolute atomic E-state index is 11.2. The molecule has 0 amide bonds. The third kappa shape index (κ3) is 13.3. The average molecular weight is 679 g/mol. The van der Waals surface area contributed by atoms with Crippen LogP contribution in [0, 0.1) is 24.7 Å². The van der Waals surface area contributed by atoms with E-state index in [2.05, 4.69) is 86.2 Å². The number of hydrogen-bond donors (Lipinski definition) is 0. The maximum Gasteiger partial charge on any atom is 0.192 e. The molecule has 2 aliphatic rings. The summed E-state index contributed by atoms with van der Waals surface area (Å²) in [5.41, 5.74) is 0. The van der Waals surface area contributed by atoms with Crippen molar-refractivity contribution in [1.82, 2.24) is 0 Å². The minimum atomic E-state index is -1.87. The molecule has 2 rings (SSSR count). The lowest BCUT2D eigenvalue weighted by Gasteiger charge is -2.39. The molecule has 0 spiro atoms. The smallest absolute Gasteiger partial charge is 0.192 e. The summed E-state index contributed by atoms with van der Waals surface area (Å²) in [4.78, 5) is 11.2. The Kier molecular flexibility index (Phi) is 15.7. The van der Waals surface area contributed by atoms with E-state index in [-0.39, 0.29) is 40.6 Å². The molecule has 0 saturated carbocycles. The van der Waals surface area contributed by atoms with Crippen LogP contribution in [0.25, 0.3) is 0 Å². The molecule has 0 aliphatic carbocycles. The van der Waals surface area contributed by atoms with Gasteiger partial charge >= 0.3 is 0 Å². The first-order valence-electron chi connectivity index (χ1n) is 16.9. The highest BCUT2D eigenvalue weighted by atomic mass is 28.4. The van der Waals surface area contributed by atoms with Crippen LogP contribution < -0.4 is 0 Å². The second-order valence-corrected chi connectivity index (χ2v) is 26.1. The van der Waals surface area contributed by atoms with Gasteiger partial charge in [0.1, 0.15) is 12.2 Å². The molecule has 2 unspecified atom stereocenters. The number of carbonyl (C=O) groups excluding carboxylic acids is 1. The van der Waals surface area contributed by atoms with E-state index in [0.717, 1.165) is 25.5 Å². The van der Waals surface area contributed by atoms with Crippen LogP contribution >= 0.6 is 0 Å². The number of rotatable bonds is 14. The lowest BCUT2D eigenvalue weighted by Crippen LogP contribution is -2.44. The van der Waals surface area contributed by atoms with Crippen LogP contribution in [0.3, 0.4) is 0 Å². The van der Waals surface area contributed by atoms with Crippen molar-refractivity contribution in [2.45, 2.75) is 192 Å². The van der Waals surface area contributed by atoms with Crippen molar-refractivity contribution in [2.24, 2.45) is 0 Å². The van der Waals surface area contributed by atoms with Crippen molar-refractivity contribution in [3.63, 3.8) is 0 Å². The summed E-state index contributed by atoms with van der Waals surface area (Å²) in [7, 11) is -3.70. The summed E-state index contributed by atoms with van der Waals surface area (Å²) in [6.07, 6.45) is 17.4. The maximum atomic E-state index is 11.2. The Labute approximate surface area is 284 Å². The molecule has 0 N–H and O–H groups in total. The Morgan fingerprint density at radius 3 is 1.39 bits per heavy atom. The molecule has 2 fully saturated rings. The first-order valence-corrected chi connectivity index (χ1v) is 22.7. The van der Waals surface area contributed by atoms with Gasteiger partial charge < -0.3 is 32.6 Å². The highest BCUT2D eigenvalue weighted by Crippen LogP contribution is 2.40. The molecule has 46 heavy (non-hydrogen) atoms. The third-order valence-corrected chi connectivity index (χ3v) is 18.7. The highest BCUT2D eigenvalue weighted by Gasteiger charge is 2.44. The molecule has 9 heteroatoms. The van der Waals surface area contributed by atoms with Gasteiger partial charge in [-0.25, -0.2) is 0 Å². The number of aldehydes is 1. The van der Waals surface area contributed by atoms with Crippen LogP contribution in [0.5, 0.6) is 0 Å². The van der Waals surface area contributed by atoms with Gasteiger partial charge in [-0.15, -0.1) is 31.3 Å². The van der Waals surface area contributed by atoms with E-state index in [4.69, 9.17) is 40.6 Å². The Morgan fingerprint density at radius 2 is 1.09 bits per heavy atom. The van der Waals surface area contributed by atoms with Crippen LogP contribution in [0.2, 0.25) is 36.3 Å². The van der Waals surface area contributed by atoms with Gasteiger partial charge in [-0.05, 0) is 89.6 Å². The molecule has 0 aromatic carbocycles. The van der Waals surface area contributed by atoms with Gasteiger partial charge in [-0.2, -0.15) is 0 Å². The zero-order valence-corrected chi connectivity index (χ0v) is 33.6. The molecular weight excluding hydrogens is 613 g/mol. The normalized spacial score (nSPS) is 25.8. The monoisotopic (exact) mass is 678 g/mol. The fraction of sp³-hybridized carbons (Fsp3) is 0.811. The molecule has 0 aromatic rings. The molecule has 2 aliphatic heterocycles. The van der Waals surface area contributed by atoms with Gasteiger partial charge in [0.25, 0.3) is 0 Å². The second-order valence-electron chi connectivity index (χ2n) is 16.6. The topological polar surface area (TPSA) is 72.5 Å². The fourth-order valence-corrected chi connectivity index (χ4v) is 7.82. The van der Waals surface area contributed by atoms with E-state index in [0.29, 0.717) is 19.3 Å². The fourth-order valence-electron chi connectivity index (χ4n) is 5.04. The molecule has 0 radical (unpaired) electrons. The van der Waals surface area contributed by atoms with Gasteiger partial charge in [0.05, 0.1) is 24.4 Å². The van der Waals surface area contributed by atoms with E-state index in [1.54, 1.807) is 0 Å². The van der Waals surface area contributed by atoms with Crippen LogP contribution in [0.1, 0.15) is 108 Å². The predicted octanol–water partition coefficient (Wildman–Crippen LogP) is 8.79. The van der Waals surface area contributed by atoms with Gasteiger partial charge in [0, 0.05) is 12.8 Å². The summed E-state index contributed by atoms with van der Waals surface area (Å²) in [6, 6.07) is 0. The van der Waals surface area contributed by atoms with E-state index >= 15 is 0 Å². The lowest BCUT2D eigenvalue weighted by molar-refractivity contribution is -0.150. The van der Waals surface area contributed by atoms with Gasteiger partial charge in [0.15, 0.2) is 34.5 Å². The van der Waals surface area contributed by atoms with Crippen LogP contribution in [-0.2, 0) is 32.6 Å². The number of carbonyl (C=O) groups is 1. The number of terminal acetylenes is 2. The molecular formula is C37H66O7Si2. The number of ether oxygens (including phenoxy) is 4. The van der Waals surface area contributed by atoms with E-state index in [1.165, 1.54) is 0 Å². The number of hydrogen-bond acceptors (Lipinski definition) is 7. The van der Waals surface area contributed by atoms with Gasteiger partial charge in [-0.1, -0.05) is 47.6 Å². The first kappa shape index (κ1) is 42.7. The summed E-state index contributed by atoms with van der Waals surface area (Å²) >= 11 is 0. The Hall–Kier alpha value is -1.28. The molecule has 0 aromatic heterocycles. The molecule has 7 nitrogen and oxygen atoms in total. The summed E-state index contributed by atoms with van der Waals surface area (Å²) < 4.78 is 36.2. The largest absolute Gasteiger partial charge is 0.413 e. The minimum absolute atomic E-state index is 0.000468. The zero-order valence-electron chi connectivity index (χ0n) is 31.6.